The Hall–Kier alpha value is -2.44. The van der Waals surface area contributed by atoms with E-state index in [2.05, 4.69) is 66.8 Å². The van der Waals surface area contributed by atoms with Crippen molar-refractivity contribution in [3.63, 3.8) is 0 Å². The molecule has 0 spiro atoms. The van der Waals surface area contributed by atoms with Gasteiger partial charge in [-0.25, -0.2) is 16.5 Å². The lowest BCUT2D eigenvalue weighted by atomic mass is 9.92. The molecule has 0 radical (unpaired) electrons. The molecule has 0 aliphatic carbocycles. The van der Waals surface area contributed by atoms with E-state index in [0.717, 1.165) is 69.2 Å². The van der Waals surface area contributed by atoms with Crippen LogP contribution < -0.4 is 0 Å². The molecular formula is C32H34Br2N4O2S2. The highest BCUT2D eigenvalue weighted by Gasteiger charge is 2.44. The Kier molecular flexibility index (Phi) is 14.8. The minimum Gasteiger partial charge on any atom is -0.381 e. The number of halogens is 2. The van der Waals surface area contributed by atoms with E-state index in [0.29, 0.717) is 19.6 Å². The number of benzene rings is 2. The Labute approximate surface area is 273 Å². The summed E-state index contributed by atoms with van der Waals surface area (Å²) in [5.74, 6) is 0. The van der Waals surface area contributed by atoms with Gasteiger partial charge in [-0.2, -0.15) is 5.26 Å². The molecule has 6 nitrogen and oxygen atoms in total. The molecule has 0 unspecified atom stereocenters. The number of aryl methyl sites for hydroxylation is 2. The van der Waals surface area contributed by atoms with Crippen LogP contribution in [0.3, 0.4) is 0 Å². The third-order valence-electron chi connectivity index (χ3n) is 6.34. The van der Waals surface area contributed by atoms with Crippen LogP contribution in [-0.2, 0) is 21.4 Å². The molecule has 10 heteroatoms. The first-order valence-corrected chi connectivity index (χ1v) is 17.4. The largest absolute Gasteiger partial charge is 0.381 e. The van der Waals surface area contributed by atoms with Crippen LogP contribution in [0.1, 0.15) is 32.6 Å². The summed E-state index contributed by atoms with van der Waals surface area (Å²) in [7, 11) is 0. The van der Waals surface area contributed by atoms with Crippen molar-refractivity contribution in [1.82, 2.24) is 9.97 Å². The number of ether oxygens (including phenoxy) is 2. The molecule has 220 valence electrons. The van der Waals surface area contributed by atoms with Gasteiger partial charge in [0.05, 0.1) is 63.1 Å². The van der Waals surface area contributed by atoms with Crippen molar-refractivity contribution in [3.05, 3.63) is 91.9 Å². The van der Waals surface area contributed by atoms with Gasteiger partial charge in [-0.05, 0) is 13.8 Å². The minimum absolute atomic E-state index is 0.401. The van der Waals surface area contributed by atoms with Crippen molar-refractivity contribution in [3.8, 4) is 28.6 Å². The molecule has 1 saturated heterocycles. The predicted molar refractivity (Wildman–Crippen MR) is 181 cm³/mol. The lowest BCUT2D eigenvalue weighted by molar-refractivity contribution is 0.0646. The number of rotatable bonds is 8. The molecule has 5 rings (SSSR count). The third-order valence-corrected chi connectivity index (χ3v) is 9.12. The lowest BCUT2D eigenvalue weighted by Crippen LogP contribution is -2.30. The zero-order valence-corrected chi connectivity index (χ0v) is 28.6. The molecule has 1 fully saturated rings. The molecule has 0 atom stereocenters. The molecule has 0 saturated carbocycles. The van der Waals surface area contributed by atoms with Gasteiger partial charge >= 0.3 is 0 Å². The predicted octanol–water partition coefficient (Wildman–Crippen LogP) is 9.02. The molecule has 4 aromatic rings. The summed E-state index contributed by atoms with van der Waals surface area (Å²) in [6.07, 6.45) is 1.90. The quantitative estimate of drug-likeness (QED) is 0.103. The first kappa shape index (κ1) is 34.1. The zero-order chi connectivity index (χ0) is 30.2. The average molecular weight is 731 g/mol. The van der Waals surface area contributed by atoms with E-state index in [4.69, 9.17) is 26.3 Å². The molecule has 2 aromatic heterocycles. The molecular weight excluding hydrogens is 696 g/mol. The van der Waals surface area contributed by atoms with E-state index >= 15 is 0 Å². The van der Waals surface area contributed by atoms with Gasteiger partial charge in [-0.15, -0.1) is 22.7 Å². The maximum Gasteiger partial charge on any atom is 0.287 e. The number of alkyl halides is 2. The van der Waals surface area contributed by atoms with Crippen molar-refractivity contribution >= 4 is 54.5 Å². The highest BCUT2D eigenvalue weighted by molar-refractivity contribution is 9.09. The van der Waals surface area contributed by atoms with Gasteiger partial charge in [0.2, 0.25) is 0 Å². The molecule has 0 N–H and O–H groups in total. The van der Waals surface area contributed by atoms with Gasteiger partial charge in [0.15, 0.2) is 5.01 Å². The third kappa shape index (κ3) is 9.80. The standard InChI is InChI=1S/C16H16N2OS.C12H10N2S.C4H8Br2O/c1-12-14(13-6-4-3-5-7-13)18-15(20-12)16(17-2)8-10-19-11-9-16;1-9-12(10-5-3-2-4-6-10)14-11(15-9)7-8-13;5-1-3-7-4-2-6/h3-7H,8-11H2,1H3;2-6H,7H2,1H3;1-4H2. The Morgan fingerprint density at radius 1 is 0.905 bits per heavy atom. The summed E-state index contributed by atoms with van der Waals surface area (Å²) in [6, 6.07) is 22.4. The van der Waals surface area contributed by atoms with Gasteiger partial charge in [-0.1, -0.05) is 92.5 Å². The zero-order valence-electron chi connectivity index (χ0n) is 23.8. The smallest absolute Gasteiger partial charge is 0.287 e. The molecule has 42 heavy (non-hydrogen) atoms. The SMILES string of the molecule is BrCCOCCBr.Cc1sc(CC#N)nc1-c1ccccc1.[C-]#[N+]C1(c2nc(-c3ccccc3)c(C)s2)CCOCC1. The van der Waals surface area contributed by atoms with Crippen LogP contribution in [-0.4, -0.2) is 47.1 Å². The van der Waals surface area contributed by atoms with Gasteiger partial charge < -0.3 is 14.3 Å². The first-order chi connectivity index (χ1) is 20.5. The summed E-state index contributed by atoms with van der Waals surface area (Å²) in [5.41, 5.74) is 3.79. The number of nitrogens with zero attached hydrogens (tertiary/aromatic N) is 4. The fourth-order valence-corrected chi connectivity index (χ4v) is 6.68. The van der Waals surface area contributed by atoms with Crippen LogP contribution in [0, 0.1) is 31.8 Å². The fraction of sp³-hybridized carbons (Fsp3) is 0.375. The van der Waals surface area contributed by atoms with E-state index < -0.39 is 5.54 Å². The summed E-state index contributed by atoms with van der Waals surface area (Å²) >= 11 is 9.74. The average Bonchev–Trinajstić information content (AvgIpc) is 3.61. The summed E-state index contributed by atoms with van der Waals surface area (Å²) in [5, 5.41) is 12.3. The molecule has 1 aliphatic rings. The van der Waals surface area contributed by atoms with E-state index in [-0.39, 0.29) is 0 Å². The monoisotopic (exact) mass is 728 g/mol. The fourth-order valence-electron chi connectivity index (χ4n) is 4.21. The van der Waals surface area contributed by atoms with Crippen LogP contribution in [0.4, 0.5) is 0 Å². The second kappa shape index (κ2) is 18.3. The van der Waals surface area contributed by atoms with Crippen molar-refractivity contribution in [1.29, 1.82) is 5.26 Å². The summed E-state index contributed by atoms with van der Waals surface area (Å²) in [4.78, 5) is 15.5. The molecule has 0 amide bonds. The van der Waals surface area contributed by atoms with E-state index in [1.807, 2.05) is 55.5 Å². The molecule has 1 aliphatic heterocycles. The van der Waals surface area contributed by atoms with Gasteiger partial charge in [0.25, 0.3) is 5.54 Å². The van der Waals surface area contributed by atoms with Crippen molar-refractivity contribution in [2.45, 2.75) is 38.6 Å². The van der Waals surface area contributed by atoms with Crippen LogP contribution >= 0.6 is 54.5 Å². The van der Waals surface area contributed by atoms with Crippen LogP contribution in [0.5, 0.6) is 0 Å². The number of aromatic nitrogens is 2. The lowest BCUT2D eigenvalue weighted by Gasteiger charge is -2.24. The molecule has 2 aromatic carbocycles. The van der Waals surface area contributed by atoms with E-state index in [1.54, 1.807) is 22.7 Å². The normalized spacial score (nSPS) is 13.5. The van der Waals surface area contributed by atoms with Crippen molar-refractivity contribution in [2.24, 2.45) is 0 Å². The van der Waals surface area contributed by atoms with Gasteiger partial charge in [0, 0.05) is 31.5 Å². The summed E-state index contributed by atoms with van der Waals surface area (Å²) in [6.45, 7) is 14.7. The Bertz CT molecular complexity index is 1440. The van der Waals surface area contributed by atoms with Crippen molar-refractivity contribution < 1.29 is 9.47 Å². The van der Waals surface area contributed by atoms with E-state index in [9.17, 15) is 0 Å². The van der Waals surface area contributed by atoms with Crippen LogP contribution in [0.2, 0.25) is 0 Å². The number of thiazole rings is 2. The first-order valence-electron chi connectivity index (χ1n) is 13.6. The minimum atomic E-state index is -0.472. The molecule has 0 bridgehead atoms. The second-order valence-electron chi connectivity index (χ2n) is 9.25. The summed E-state index contributed by atoms with van der Waals surface area (Å²) < 4.78 is 10.4. The number of hydrogen-bond acceptors (Lipinski definition) is 7. The van der Waals surface area contributed by atoms with Gasteiger partial charge in [-0.3, -0.25) is 0 Å². The van der Waals surface area contributed by atoms with Crippen molar-refractivity contribution in [2.75, 3.05) is 37.1 Å². The number of nitriles is 1. The highest BCUT2D eigenvalue weighted by atomic mass is 79.9. The van der Waals surface area contributed by atoms with Gasteiger partial charge in [0.1, 0.15) is 5.01 Å². The topological polar surface area (TPSA) is 72.4 Å². The highest BCUT2D eigenvalue weighted by Crippen LogP contribution is 2.41. The maximum atomic E-state index is 8.61. The van der Waals surface area contributed by atoms with Crippen LogP contribution in [0.25, 0.3) is 27.4 Å². The Morgan fingerprint density at radius 2 is 1.43 bits per heavy atom. The molecule has 3 heterocycles. The second-order valence-corrected chi connectivity index (χ2v) is 13.3. The maximum absolute atomic E-state index is 8.61. The number of hydrogen-bond donors (Lipinski definition) is 0. The van der Waals surface area contributed by atoms with Crippen LogP contribution in [0.15, 0.2) is 60.7 Å². The Morgan fingerprint density at radius 3 is 1.93 bits per heavy atom. The van der Waals surface area contributed by atoms with E-state index in [1.165, 1.54) is 9.75 Å². The Balaban J connectivity index is 0.000000194.